The van der Waals surface area contributed by atoms with Crippen molar-refractivity contribution in [3.8, 4) is 0 Å². The van der Waals surface area contributed by atoms with E-state index >= 15 is 0 Å². The molecule has 2 nitrogen and oxygen atoms in total. The van der Waals surface area contributed by atoms with Gasteiger partial charge in [0.15, 0.2) is 0 Å². The Morgan fingerprint density at radius 1 is 1.62 bits per heavy atom. The molecule has 2 heteroatoms. The Morgan fingerprint density at radius 3 is 2.62 bits per heavy atom. The van der Waals surface area contributed by atoms with Crippen LogP contribution >= 0.6 is 0 Å². The van der Waals surface area contributed by atoms with Gasteiger partial charge in [0.1, 0.15) is 6.29 Å². The van der Waals surface area contributed by atoms with Crippen molar-refractivity contribution >= 4 is 6.29 Å². The third-order valence-electron chi connectivity index (χ3n) is 1.32. The van der Waals surface area contributed by atoms with E-state index in [1.54, 1.807) is 0 Å². The summed E-state index contributed by atoms with van der Waals surface area (Å²) in [6, 6.07) is 0.116. The first kappa shape index (κ1) is 5.51. The molecule has 2 atom stereocenters. The zero-order valence-corrected chi connectivity index (χ0v) is 4.58. The van der Waals surface area contributed by atoms with Crippen molar-refractivity contribution in [1.82, 2.24) is 0 Å². The van der Waals surface area contributed by atoms with Crippen molar-refractivity contribution in [1.29, 1.82) is 0 Å². The fourth-order valence-corrected chi connectivity index (χ4v) is 0.858. The topological polar surface area (TPSA) is 43.1 Å². The second-order valence-corrected chi connectivity index (χ2v) is 2.08. The SMILES string of the molecule is NC1C=CC(C=O)C1. The summed E-state index contributed by atoms with van der Waals surface area (Å²) in [6.07, 6.45) is 5.46. The maximum absolute atomic E-state index is 10.0. The van der Waals surface area contributed by atoms with Crippen LogP contribution in [0.2, 0.25) is 0 Å². The van der Waals surface area contributed by atoms with E-state index < -0.39 is 0 Å². The summed E-state index contributed by atoms with van der Waals surface area (Å²) in [5.41, 5.74) is 5.46. The van der Waals surface area contributed by atoms with E-state index in [-0.39, 0.29) is 12.0 Å². The van der Waals surface area contributed by atoms with Gasteiger partial charge < -0.3 is 10.5 Å². The van der Waals surface area contributed by atoms with Gasteiger partial charge >= 0.3 is 0 Å². The molecule has 0 bridgehead atoms. The Morgan fingerprint density at radius 2 is 2.38 bits per heavy atom. The maximum Gasteiger partial charge on any atom is 0.126 e. The molecular formula is C6H9NO. The fourth-order valence-electron chi connectivity index (χ4n) is 0.858. The van der Waals surface area contributed by atoms with Crippen molar-refractivity contribution in [2.45, 2.75) is 12.5 Å². The average Bonchev–Trinajstić information content (AvgIpc) is 2.14. The quantitative estimate of drug-likeness (QED) is 0.385. The number of hydrogen-bond acceptors (Lipinski definition) is 2. The molecule has 2 unspecified atom stereocenters. The molecule has 0 aliphatic heterocycles. The van der Waals surface area contributed by atoms with Gasteiger partial charge in [0, 0.05) is 12.0 Å². The van der Waals surface area contributed by atoms with Crippen LogP contribution < -0.4 is 5.73 Å². The maximum atomic E-state index is 10.0. The highest BCUT2D eigenvalue weighted by Gasteiger charge is 2.13. The molecule has 1 rings (SSSR count). The molecule has 0 saturated heterocycles. The van der Waals surface area contributed by atoms with Gasteiger partial charge in [-0.25, -0.2) is 0 Å². The van der Waals surface area contributed by atoms with Gasteiger partial charge in [-0.15, -0.1) is 0 Å². The summed E-state index contributed by atoms with van der Waals surface area (Å²) >= 11 is 0. The highest BCUT2D eigenvalue weighted by molar-refractivity contribution is 5.57. The molecule has 1 aliphatic carbocycles. The Balaban J connectivity index is 2.45. The molecule has 0 aromatic heterocycles. The van der Waals surface area contributed by atoms with E-state index in [1.807, 2.05) is 12.2 Å². The molecule has 0 aromatic rings. The molecule has 0 aromatic carbocycles. The second-order valence-electron chi connectivity index (χ2n) is 2.08. The summed E-state index contributed by atoms with van der Waals surface area (Å²) in [5.74, 6) is 0.0880. The van der Waals surface area contributed by atoms with E-state index in [2.05, 4.69) is 0 Å². The van der Waals surface area contributed by atoms with Crippen molar-refractivity contribution in [2.75, 3.05) is 0 Å². The van der Waals surface area contributed by atoms with Gasteiger partial charge in [-0.1, -0.05) is 12.2 Å². The standard InChI is InChI=1S/C6H9NO/c7-6-2-1-5(3-6)4-8/h1-2,4-6H,3,7H2. The highest BCUT2D eigenvalue weighted by Crippen LogP contribution is 2.12. The van der Waals surface area contributed by atoms with E-state index in [0.717, 1.165) is 12.7 Å². The normalized spacial score (nSPS) is 35.6. The van der Waals surface area contributed by atoms with Crippen LogP contribution in [0, 0.1) is 5.92 Å². The van der Waals surface area contributed by atoms with Crippen LogP contribution in [0.15, 0.2) is 12.2 Å². The van der Waals surface area contributed by atoms with Crippen LogP contribution in [0.25, 0.3) is 0 Å². The largest absolute Gasteiger partial charge is 0.324 e. The van der Waals surface area contributed by atoms with E-state index in [0.29, 0.717) is 0 Å². The minimum atomic E-state index is 0.0880. The third-order valence-corrected chi connectivity index (χ3v) is 1.32. The number of aldehydes is 1. The predicted molar refractivity (Wildman–Crippen MR) is 31.3 cm³/mol. The van der Waals surface area contributed by atoms with E-state index in [1.165, 1.54) is 0 Å². The van der Waals surface area contributed by atoms with Crippen molar-refractivity contribution in [3.05, 3.63) is 12.2 Å². The molecule has 0 spiro atoms. The molecule has 1 aliphatic rings. The Bertz CT molecular complexity index is 120. The van der Waals surface area contributed by atoms with E-state index in [9.17, 15) is 4.79 Å². The second kappa shape index (κ2) is 2.09. The number of nitrogens with two attached hydrogens (primary N) is 1. The monoisotopic (exact) mass is 111 g/mol. The lowest BCUT2D eigenvalue weighted by Crippen LogP contribution is -2.14. The Hall–Kier alpha value is -0.630. The van der Waals surface area contributed by atoms with Crippen LogP contribution in [0.3, 0.4) is 0 Å². The number of allylic oxidation sites excluding steroid dienone is 1. The smallest absolute Gasteiger partial charge is 0.126 e. The number of carbonyl (C=O) groups excluding carboxylic acids is 1. The first-order valence-electron chi connectivity index (χ1n) is 2.72. The molecule has 2 N–H and O–H groups in total. The zero-order chi connectivity index (χ0) is 5.98. The van der Waals surface area contributed by atoms with Crippen LogP contribution in [0.4, 0.5) is 0 Å². The summed E-state index contributed by atoms with van der Waals surface area (Å²) in [5, 5.41) is 0. The lowest BCUT2D eigenvalue weighted by Gasteiger charge is -1.97. The molecule has 0 amide bonds. The summed E-state index contributed by atoms with van der Waals surface area (Å²) < 4.78 is 0. The summed E-state index contributed by atoms with van der Waals surface area (Å²) in [6.45, 7) is 0. The van der Waals surface area contributed by atoms with Gasteiger partial charge in [0.2, 0.25) is 0 Å². The van der Waals surface area contributed by atoms with Crippen molar-refractivity contribution in [2.24, 2.45) is 11.7 Å². The Labute approximate surface area is 48.4 Å². The highest BCUT2D eigenvalue weighted by atomic mass is 16.1. The lowest BCUT2D eigenvalue weighted by molar-refractivity contribution is -0.109. The van der Waals surface area contributed by atoms with Gasteiger partial charge in [-0.05, 0) is 6.42 Å². The minimum absolute atomic E-state index is 0.0880. The summed E-state index contributed by atoms with van der Waals surface area (Å²) in [7, 11) is 0. The average molecular weight is 111 g/mol. The summed E-state index contributed by atoms with van der Waals surface area (Å²) in [4.78, 5) is 10.0. The van der Waals surface area contributed by atoms with Crippen molar-refractivity contribution < 1.29 is 4.79 Å². The van der Waals surface area contributed by atoms with Crippen LogP contribution in [0.5, 0.6) is 0 Å². The molecule has 8 heavy (non-hydrogen) atoms. The van der Waals surface area contributed by atoms with Gasteiger partial charge in [-0.3, -0.25) is 0 Å². The van der Waals surface area contributed by atoms with Gasteiger partial charge in [0.05, 0.1) is 0 Å². The third kappa shape index (κ3) is 0.954. The van der Waals surface area contributed by atoms with E-state index in [4.69, 9.17) is 5.73 Å². The molecule has 0 fully saturated rings. The molecule has 0 saturated carbocycles. The van der Waals surface area contributed by atoms with Gasteiger partial charge in [-0.2, -0.15) is 0 Å². The molecule has 0 heterocycles. The van der Waals surface area contributed by atoms with Crippen LogP contribution in [-0.2, 0) is 4.79 Å². The minimum Gasteiger partial charge on any atom is -0.324 e. The predicted octanol–water partition coefficient (Wildman–Crippen LogP) is 0.0887. The first-order chi connectivity index (χ1) is 3.83. The van der Waals surface area contributed by atoms with Gasteiger partial charge in [0.25, 0.3) is 0 Å². The fraction of sp³-hybridized carbons (Fsp3) is 0.500. The first-order valence-corrected chi connectivity index (χ1v) is 2.72. The molecule has 0 radical (unpaired) electrons. The zero-order valence-electron chi connectivity index (χ0n) is 4.58. The number of rotatable bonds is 1. The molecular weight excluding hydrogens is 102 g/mol. The number of hydrogen-bond donors (Lipinski definition) is 1. The van der Waals surface area contributed by atoms with Crippen molar-refractivity contribution in [3.63, 3.8) is 0 Å². The lowest BCUT2D eigenvalue weighted by atomic mass is 10.1. The number of carbonyl (C=O) groups is 1. The molecule has 44 valence electrons. The van der Waals surface area contributed by atoms with Crippen LogP contribution in [0.1, 0.15) is 6.42 Å². The van der Waals surface area contributed by atoms with Crippen LogP contribution in [-0.4, -0.2) is 12.3 Å². The Kier molecular flexibility index (Phi) is 1.44.